The molecule has 0 aliphatic rings. The largest absolute Gasteiger partial charge is 0.337 e. The van der Waals surface area contributed by atoms with Crippen LogP contribution in [-0.4, -0.2) is 22.8 Å². The fourth-order valence-electron chi connectivity index (χ4n) is 2.86. The number of benzene rings is 2. The Hall–Kier alpha value is -2.88. The summed E-state index contributed by atoms with van der Waals surface area (Å²) in [5, 5.41) is 0.848. The van der Waals surface area contributed by atoms with Gasteiger partial charge in [0.15, 0.2) is 0 Å². The van der Waals surface area contributed by atoms with E-state index in [9.17, 15) is 9.59 Å². The van der Waals surface area contributed by atoms with Gasteiger partial charge in [0.05, 0.1) is 0 Å². The van der Waals surface area contributed by atoms with E-state index in [4.69, 9.17) is 0 Å². The number of rotatable bonds is 3. The molecule has 4 heteroatoms. The smallest absolute Gasteiger partial charge is 0.261 e. The van der Waals surface area contributed by atoms with Crippen molar-refractivity contribution >= 4 is 16.8 Å². The molecule has 0 unspecified atom stereocenters. The Kier molecular flexibility index (Phi) is 4.21. The van der Waals surface area contributed by atoms with Crippen LogP contribution in [0, 0.1) is 13.8 Å². The molecule has 2 aromatic carbocycles. The second kappa shape index (κ2) is 6.32. The fourth-order valence-corrected chi connectivity index (χ4v) is 2.86. The maximum atomic E-state index is 12.7. The summed E-state index contributed by atoms with van der Waals surface area (Å²) in [5.41, 5.74) is 3.95. The van der Waals surface area contributed by atoms with Crippen molar-refractivity contribution in [1.29, 1.82) is 0 Å². The van der Waals surface area contributed by atoms with Gasteiger partial charge in [-0.25, -0.2) is 0 Å². The number of hydrogen-bond donors (Lipinski definition) is 1. The maximum Gasteiger partial charge on any atom is 0.261 e. The van der Waals surface area contributed by atoms with Crippen molar-refractivity contribution in [1.82, 2.24) is 9.88 Å². The molecule has 1 heterocycles. The number of pyridine rings is 1. The van der Waals surface area contributed by atoms with Gasteiger partial charge in [-0.15, -0.1) is 0 Å². The molecule has 3 rings (SSSR count). The average Bonchev–Trinajstić information content (AvgIpc) is 2.56. The van der Waals surface area contributed by atoms with Crippen molar-refractivity contribution < 1.29 is 4.79 Å². The summed E-state index contributed by atoms with van der Waals surface area (Å²) in [6, 6.07) is 15.3. The number of nitrogens with one attached hydrogen (secondary N) is 1. The number of H-pyrrole nitrogens is 1. The monoisotopic (exact) mass is 320 g/mol. The van der Waals surface area contributed by atoms with Gasteiger partial charge >= 0.3 is 0 Å². The van der Waals surface area contributed by atoms with Gasteiger partial charge in [-0.3, -0.25) is 9.59 Å². The van der Waals surface area contributed by atoms with Gasteiger partial charge in [0.25, 0.3) is 11.5 Å². The average molecular weight is 320 g/mol. The van der Waals surface area contributed by atoms with E-state index in [1.54, 1.807) is 18.0 Å². The fraction of sp³-hybridized carbons (Fsp3) is 0.200. The van der Waals surface area contributed by atoms with Crippen LogP contribution in [-0.2, 0) is 6.54 Å². The van der Waals surface area contributed by atoms with Crippen molar-refractivity contribution in [3.05, 3.63) is 81.1 Å². The van der Waals surface area contributed by atoms with Gasteiger partial charge in [-0.2, -0.15) is 0 Å². The molecule has 0 atom stereocenters. The summed E-state index contributed by atoms with van der Waals surface area (Å²) in [6.45, 7) is 4.54. The lowest BCUT2D eigenvalue weighted by Gasteiger charge is -2.18. The number of amides is 1. The molecule has 24 heavy (non-hydrogen) atoms. The highest BCUT2D eigenvalue weighted by Crippen LogP contribution is 2.15. The van der Waals surface area contributed by atoms with E-state index in [1.165, 1.54) is 5.56 Å². The Bertz CT molecular complexity index is 973. The summed E-state index contributed by atoms with van der Waals surface area (Å²) in [7, 11) is 1.72. The molecule has 0 radical (unpaired) electrons. The first-order chi connectivity index (χ1) is 11.5. The Morgan fingerprint density at radius 2 is 1.83 bits per heavy atom. The zero-order valence-electron chi connectivity index (χ0n) is 14.1. The molecule has 3 aromatic rings. The Morgan fingerprint density at radius 1 is 1.08 bits per heavy atom. The van der Waals surface area contributed by atoms with Crippen LogP contribution in [0.15, 0.2) is 53.3 Å². The first-order valence-corrected chi connectivity index (χ1v) is 7.89. The first-order valence-electron chi connectivity index (χ1n) is 7.89. The maximum absolute atomic E-state index is 12.7. The van der Waals surface area contributed by atoms with E-state index < -0.39 is 0 Å². The van der Waals surface area contributed by atoms with Crippen molar-refractivity contribution in [2.45, 2.75) is 20.4 Å². The molecular formula is C20H20N2O2. The van der Waals surface area contributed by atoms with Crippen molar-refractivity contribution in [3.63, 3.8) is 0 Å². The van der Waals surface area contributed by atoms with E-state index in [0.717, 1.165) is 22.0 Å². The molecule has 0 aliphatic carbocycles. The number of aromatic nitrogens is 1. The lowest BCUT2D eigenvalue weighted by molar-refractivity contribution is 0.0783. The summed E-state index contributed by atoms with van der Waals surface area (Å²) in [5.74, 6) is -0.276. The van der Waals surface area contributed by atoms with Crippen molar-refractivity contribution in [2.24, 2.45) is 0 Å². The van der Waals surface area contributed by atoms with E-state index in [2.05, 4.69) is 11.1 Å². The predicted molar refractivity (Wildman–Crippen MR) is 96.3 cm³/mol. The minimum absolute atomic E-state index is 0.168. The van der Waals surface area contributed by atoms with Gasteiger partial charge in [0, 0.05) is 19.1 Å². The molecule has 4 nitrogen and oxygen atoms in total. The van der Waals surface area contributed by atoms with E-state index >= 15 is 0 Å². The minimum Gasteiger partial charge on any atom is -0.337 e. The van der Waals surface area contributed by atoms with Gasteiger partial charge in [-0.1, -0.05) is 42.0 Å². The third-order valence-corrected chi connectivity index (χ3v) is 4.24. The third-order valence-electron chi connectivity index (χ3n) is 4.24. The molecule has 122 valence electrons. The molecule has 0 spiro atoms. The normalized spacial score (nSPS) is 10.8. The summed E-state index contributed by atoms with van der Waals surface area (Å²) < 4.78 is 0. The molecule has 1 N–H and O–H groups in total. The number of carbonyl (C=O) groups is 1. The number of fused-ring (bicyclic) bond motifs is 1. The molecule has 0 aliphatic heterocycles. The molecule has 1 aromatic heterocycles. The number of aryl methyl sites for hydroxylation is 2. The molecule has 0 fully saturated rings. The Balaban J connectivity index is 1.90. The summed E-state index contributed by atoms with van der Waals surface area (Å²) >= 11 is 0. The number of para-hydroxylation sites is 1. The SMILES string of the molecule is Cc1ccc(CN(C)C(=O)c2cc3ccccc3[nH]c2=O)c(C)c1. The second-order valence-corrected chi connectivity index (χ2v) is 6.19. The van der Waals surface area contributed by atoms with Crippen LogP contribution in [0.3, 0.4) is 0 Å². The third kappa shape index (κ3) is 3.08. The van der Waals surface area contributed by atoms with E-state index in [-0.39, 0.29) is 17.0 Å². The van der Waals surface area contributed by atoms with Crippen LogP contribution < -0.4 is 5.56 Å². The van der Waals surface area contributed by atoms with E-state index in [0.29, 0.717) is 6.54 Å². The van der Waals surface area contributed by atoms with Gasteiger partial charge in [0.1, 0.15) is 5.56 Å². The van der Waals surface area contributed by atoms with Crippen LogP contribution in [0.25, 0.3) is 10.9 Å². The van der Waals surface area contributed by atoms with Gasteiger partial charge < -0.3 is 9.88 Å². The van der Waals surface area contributed by atoms with Crippen molar-refractivity contribution in [3.8, 4) is 0 Å². The lowest BCUT2D eigenvalue weighted by atomic mass is 10.1. The number of carbonyl (C=O) groups excluding carboxylic acids is 1. The predicted octanol–water partition coefficient (Wildman–Crippen LogP) is 3.42. The highest BCUT2D eigenvalue weighted by Gasteiger charge is 2.17. The van der Waals surface area contributed by atoms with Crippen molar-refractivity contribution in [2.75, 3.05) is 7.05 Å². The van der Waals surface area contributed by atoms with Gasteiger partial charge in [-0.05, 0) is 42.5 Å². The summed E-state index contributed by atoms with van der Waals surface area (Å²) in [6.07, 6.45) is 0. The van der Waals surface area contributed by atoms with E-state index in [1.807, 2.05) is 50.2 Å². The van der Waals surface area contributed by atoms with Crippen LogP contribution in [0.5, 0.6) is 0 Å². The zero-order chi connectivity index (χ0) is 17.3. The number of hydrogen-bond acceptors (Lipinski definition) is 2. The van der Waals surface area contributed by atoms with Crippen LogP contribution in [0.4, 0.5) is 0 Å². The minimum atomic E-state index is -0.355. The second-order valence-electron chi connectivity index (χ2n) is 6.19. The lowest BCUT2D eigenvalue weighted by Crippen LogP contribution is -2.31. The highest BCUT2D eigenvalue weighted by molar-refractivity contribution is 5.97. The highest BCUT2D eigenvalue weighted by atomic mass is 16.2. The molecule has 0 saturated heterocycles. The molecular weight excluding hydrogens is 300 g/mol. The number of nitrogens with zero attached hydrogens (tertiary/aromatic N) is 1. The van der Waals surface area contributed by atoms with Gasteiger partial charge in [0.2, 0.25) is 0 Å². The molecule has 0 bridgehead atoms. The van der Waals surface area contributed by atoms with Crippen LogP contribution in [0.1, 0.15) is 27.0 Å². The first kappa shape index (κ1) is 16.0. The Labute approximate surface area is 140 Å². The topological polar surface area (TPSA) is 53.2 Å². The Morgan fingerprint density at radius 3 is 2.58 bits per heavy atom. The summed E-state index contributed by atoms with van der Waals surface area (Å²) in [4.78, 5) is 29.3. The van der Waals surface area contributed by atoms with Crippen LogP contribution in [0.2, 0.25) is 0 Å². The zero-order valence-corrected chi connectivity index (χ0v) is 14.1. The standard InChI is InChI=1S/C20H20N2O2/c1-13-8-9-16(14(2)10-13)12-22(3)20(24)17-11-15-6-4-5-7-18(15)21-19(17)23/h4-11H,12H2,1-3H3,(H,21,23). The quantitative estimate of drug-likeness (QED) is 0.804. The van der Waals surface area contributed by atoms with Crippen LogP contribution >= 0.6 is 0 Å². The molecule has 0 saturated carbocycles. The number of aromatic amines is 1. The molecule has 1 amide bonds.